The van der Waals surface area contributed by atoms with Crippen molar-refractivity contribution in [3.8, 4) is 0 Å². The summed E-state index contributed by atoms with van der Waals surface area (Å²) in [6, 6.07) is 5.42. The Kier molecular flexibility index (Phi) is 3.19. The van der Waals surface area contributed by atoms with Gasteiger partial charge in [0, 0.05) is 28.1 Å². The molecule has 0 spiro atoms. The molecule has 17 heavy (non-hydrogen) atoms. The monoisotopic (exact) mass is 294 g/mol. The van der Waals surface area contributed by atoms with Crippen LogP contribution in [0.15, 0.2) is 41.1 Å². The van der Waals surface area contributed by atoms with Gasteiger partial charge in [-0.1, -0.05) is 0 Å². The lowest BCUT2D eigenvalue weighted by Gasteiger charge is -2.05. The summed E-state index contributed by atoms with van der Waals surface area (Å²) in [4.78, 5) is 16.0. The van der Waals surface area contributed by atoms with Crippen molar-refractivity contribution in [1.29, 1.82) is 0 Å². The molecule has 0 atom stereocenters. The van der Waals surface area contributed by atoms with E-state index in [1.54, 1.807) is 6.07 Å². The van der Waals surface area contributed by atoms with E-state index in [2.05, 4.69) is 20.9 Å². The second-order valence-electron chi connectivity index (χ2n) is 3.42. The summed E-state index contributed by atoms with van der Waals surface area (Å²) in [5.74, 6) is -0.699. The molecule has 5 heteroatoms. The number of nitrogens with zero attached hydrogens (tertiary/aromatic N) is 1. The van der Waals surface area contributed by atoms with E-state index in [0.29, 0.717) is 21.3 Å². The number of ketones is 1. The zero-order chi connectivity index (χ0) is 12.4. The van der Waals surface area contributed by atoms with Crippen molar-refractivity contribution in [2.75, 3.05) is 5.73 Å². The number of rotatable bonds is 2. The van der Waals surface area contributed by atoms with Gasteiger partial charge in [-0.15, -0.1) is 0 Å². The molecule has 0 aliphatic carbocycles. The van der Waals surface area contributed by atoms with Gasteiger partial charge in [0.25, 0.3) is 0 Å². The fourth-order valence-corrected chi connectivity index (χ4v) is 1.94. The van der Waals surface area contributed by atoms with Crippen LogP contribution in [-0.4, -0.2) is 10.8 Å². The minimum absolute atomic E-state index is 0.289. The molecule has 0 saturated carbocycles. The number of halogens is 2. The van der Waals surface area contributed by atoms with Crippen LogP contribution in [0.25, 0.3) is 0 Å². The Morgan fingerprint density at radius 2 is 2.06 bits per heavy atom. The molecule has 0 fully saturated rings. The summed E-state index contributed by atoms with van der Waals surface area (Å²) in [5, 5.41) is 0. The average molecular weight is 295 g/mol. The molecule has 3 nitrogen and oxygen atoms in total. The normalized spacial score (nSPS) is 10.2. The molecular formula is C12H8BrFN2O. The van der Waals surface area contributed by atoms with Crippen molar-refractivity contribution < 1.29 is 9.18 Å². The number of hydrogen-bond acceptors (Lipinski definition) is 3. The molecule has 0 bridgehead atoms. The summed E-state index contributed by atoms with van der Waals surface area (Å²) < 4.78 is 13.3. The topological polar surface area (TPSA) is 56.0 Å². The first-order chi connectivity index (χ1) is 8.09. The molecule has 0 aliphatic rings. The van der Waals surface area contributed by atoms with Crippen molar-refractivity contribution >= 4 is 27.4 Å². The highest BCUT2D eigenvalue weighted by Crippen LogP contribution is 2.23. The standard InChI is InChI=1S/C12H8BrFN2O/c13-10-5-7(14)1-2-8(10)12(17)9-6-16-4-3-11(9)15/h1-6H,(H2,15,16). The molecule has 0 unspecified atom stereocenters. The second-order valence-corrected chi connectivity index (χ2v) is 4.27. The summed E-state index contributed by atoms with van der Waals surface area (Å²) in [6.45, 7) is 0. The Morgan fingerprint density at radius 3 is 2.71 bits per heavy atom. The number of carbonyl (C=O) groups is 1. The Bertz CT molecular complexity index is 586. The van der Waals surface area contributed by atoms with Crippen LogP contribution in [0, 0.1) is 5.82 Å². The summed E-state index contributed by atoms with van der Waals surface area (Å²) in [6.07, 6.45) is 2.90. The number of aromatic nitrogens is 1. The van der Waals surface area contributed by atoms with Gasteiger partial charge in [-0.05, 0) is 40.2 Å². The van der Waals surface area contributed by atoms with Crippen LogP contribution in [-0.2, 0) is 0 Å². The molecule has 0 amide bonds. The van der Waals surface area contributed by atoms with E-state index in [1.165, 1.54) is 30.6 Å². The van der Waals surface area contributed by atoms with E-state index in [-0.39, 0.29) is 5.78 Å². The molecule has 2 rings (SSSR count). The van der Waals surface area contributed by atoms with Crippen LogP contribution >= 0.6 is 15.9 Å². The van der Waals surface area contributed by atoms with Crippen LogP contribution in [0.3, 0.4) is 0 Å². The van der Waals surface area contributed by atoms with Gasteiger partial charge >= 0.3 is 0 Å². The second kappa shape index (κ2) is 4.63. The number of carbonyl (C=O) groups excluding carboxylic acids is 1. The third kappa shape index (κ3) is 2.34. The maximum atomic E-state index is 12.9. The first kappa shape index (κ1) is 11.7. The predicted molar refractivity (Wildman–Crippen MR) is 66.2 cm³/mol. The Labute approximate surface area is 106 Å². The van der Waals surface area contributed by atoms with Gasteiger partial charge in [0.05, 0.1) is 5.56 Å². The predicted octanol–water partition coefficient (Wildman–Crippen LogP) is 2.80. The highest BCUT2D eigenvalue weighted by atomic mass is 79.9. The number of hydrogen-bond donors (Lipinski definition) is 1. The molecule has 2 N–H and O–H groups in total. The molecule has 0 saturated heterocycles. The molecule has 1 aromatic carbocycles. The zero-order valence-electron chi connectivity index (χ0n) is 8.65. The van der Waals surface area contributed by atoms with Crippen LogP contribution in [0.5, 0.6) is 0 Å². The number of nitrogen functional groups attached to an aromatic ring is 1. The quantitative estimate of drug-likeness (QED) is 0.867. The van der Waals surface area contributed by atoms with Gasteiger partial charge in [0.2, 0.25) is 0 Å². The maximum Gasteiger partial charge on any atom is 0.197 e. The van der Waals surface area contributed by atoms with E-state index in [9.17, 15) is 9.18 Å². The lowest BCUT2D eigenvalue weighted by Crippen LogP contribution is -2.06. The number of nitrogens with two attached hydrogens (primary N) is 1. The lowest BCUT2D eigenvalue weighted by atomic mass is 10.0. The fourth-order valence-electron chi connectivity index (χ4n) is 1.41. The van der Waals surface area contributed by atoms with Crippen LogP contribution < -0.4 is 5.73 Å². The lowest BCUT2D eigenvalue weighted by molar-refractivity contribution is 0.103. The summed E-state index contributed by atoms with van der Waals surface area (Å²) >= 11 is 3.15. The molecule has 1 heterocycles. The van der Waals surface area contributed by atoms with Gasteiger partial charge in [0.15, 0.2) is 5.78 Å². The van der Waals surface area contributed by atoms with Gasteiger partial charge in [-0.2, -0.15) is 0 Å². The Balaban J connectivity index is 2.48. The van der Waals surface area contributed by atoms with E-state index < -0.39 is 5.82 Å². The first-order valence-electron chi connectivity index (χ1n) is 4.79. The smallest absolute Gasteiger partial charge is 0.197 e. The molecule has 2 aromatic rings. The van der Waals surface area contributed by atoms with Gasteiger partial charge in [0.1, 0.15) is 5.82 Å². The van der Waals surface area contributed by atoms with Crippen molar-refractivity contribution in [3.05, 3.63) is 58.1 Å². The molecular weight excluding hydrogens is 287 g/mol. The largest absolute Gasteiger partial charge is 0.398 e. The minimum Gasteiger partial charge on any atom is -0.398 e. The minimum atomic E-state index is -0.410. The van der Waals surface area contributed by atoms with Gasteiger partial charge < -0.3 is 5.73 Å². The highest BCUT2D eigenvalue weighted by Gasteiger charge is 2.15. The van der Waals surface area contributed by atoms with Crippen LogP contribution in [0.2, 0.25) is 0 Å². The van der Waals surface area contributed by atoms with E-state index in [0.717, 1.165) is 0 Å². The zero-order valence-corrected chi connectivity index (χ0v) is 10.2. The van der Waals surface area contributed by atoms with Crippen molar-refractivity contribution in [1.82, 2.24) is 4.98 Å². The molecule has 0 aliphatic heterocycles. The SMILES string of the molecule is Nc1ccncc1C(=O)c1ccc(F)cc1Br. The molecule has 86 valence electrons. The van der Waals surface area contributed by atoms with Crippen LogP contribution in [0.1, 0.15) is 15.9 Å². The maximum absolute atomic E-state index is 12.9. The Hall–Kier alpha value is -1.75. The van der Waals surface area contributed by atoms with E-state index in [1.807, 2.05) is 0 Å². The summed E-state index contributed by atoms with van der Waals surface area (Å²) in [5.41, 5.74) is 6.70. The van der Waals surface area contributed by atoms with Crippen molar-refractivity contribution in [3.63, 3.8) is 0 Å². The first-order valence-corrected chi connectivity index (χ1v) is 5.58. The van der Waals surface area contributed by atoms with Gasteiger partial charge in [-0.3, -0.25) is 9.78 Å². The van der Waals surface area contributed by atoms with Crippen LogP contribution in [0.4, 0.5) is 10.1 Å². The van der Waals surface area contributed by atoms with Gasteiger partial charge in [-0.25, -0.2) is 4.39 Å². The van der Waals surface area contributed by atoms with E-state index in [4.69, 9.17) is 5.73 Å². The molecule has 1 aromatic heterocycles. The van der Waals surface area contributed by atoms with Crippen molar-refractivity contribution in [2.45, 2.75) is 0 Å². The Morgan fingerprint density at radius 1 is 1.29 bits per heavy atom. The highest BCUT2D eigenvalue weighted by molar-refractivity contribution is 9.10. The van der Waals surface area contributed by atoms with Crippen molar-refractivity contribution in [2.24, 2.45) is 0 Å². The number of pyridine rings is 1. The number of benzene rings is 1. The van der Waals surface area contributed by atoms with E-state index >= 15 is 0 Å². The average Bonchev–Trinajstić information content (AvgIpc) is 2.29. The number of anilines is 1. The third-order valence-corrected chi connectivity index (χ3v) is 2.93. The fraction of sp³-hybridized carbons (Fsp3) is 0. The third-order valence-electron chi connectivity index (χ3n) is 2.28. The molecule has 0 radical (unpaired) electrons. The summed E-state index contributed by atoms with van der Waals surface area (Å²) in [7, 11) is 0.